The van der Waals surface area contributed by atoms with E-state index in [2.05, 4.69) is 15.6 Å². The maximum Gasteiger partial charge on any atom is 0.246 e. The Hall–Kier alpha value is -3.75. The second kappa shape index (κ2) is 19.5. The molecule has 5 atom stereocenters. The molecule has 0 radical (unpaired) electrons. The highest BCUT2D eigenvalue weighted by atomic mass is 35.5. The van der Waals surface area contributed by atoms with Crippen molar-refractivity contribution in [1.82, 2.24) is 20.5 Å². The van der Waals surface area contributed by atoms with Gasteiger partial charge < -0.3 is 36.8 Å². The van der Waals surface area contributed by atoms with Crippen LogP contribution >= 0.6 is 35.3 Å². The zero-order valence-corrected chi connectivity index (χ0v) is 33.3. The van der Waals surface area contributed by atoms with E-state index in [4.69, 9.17) is 27.8 Å². The number of aliphatic hydroxyl groups is 1. The van der Waals surface area contributed by atoms with Crippen LogP contribution in [0.5, 0.6) is 5.75 Å². The minimum atomic E-state index is -0.931. The highest BCUT2D eigenvalue weighted by Gasteiger charge is 2.44. The molecule has 7 N–H and O–H groups in total. The number of likely N-dealkylation sites (tertiary alicyclic amines) is 1. The first-order chi connectivity index (χ1) is 24.5. The summed E-state index contributed by atoms with van der Waals surface area (Å²) in [6.07, 6.45) is 0.860. The molecule has 1 aliphatic heterocycles. The Labute approximate surface area is 326 Å². The van der Waals surface area contributed by atoms with Gasteiger partial charge in [0.2, 0.25) is 23.6 Å². The number of primary amides is 1. The van der Waals surface area contributed by atoms with Crippen LogP contribution in [-0.2, 0) is 25.6 Å². The molecule has 12 nitrogen and oxygen atoms in total. The number of carbonyl (C=O) groups excluding carboxylic acids is 4. The first kappa shape index (κ1) is 43.7. The molecule has 2 aromatic carbocycles. The molecule has 290 valence electrons. The zero-order chi connectivity index (χ0) is 38.2. The van der Waals surface area contributed by atoms with Crippen molar-refractivity contribution in [2.45, 2.75) is 103 Å². The van der Waals surface area contributed by atoms with Crippen LogP contribution in [0, 0.1) is 12.3 Å². The number of hydrogen-bond acceptors (Lipinski definition) is 9. The molecule has 53 heavy (non-hydrogen) atoms. The predicted molar refractivity (Wildman–Crippen MR) is 210 cm³/mol. The van der Waals surface area contributed by atoms with Gasteiger partial charge in [0.25, 0.3) is 0 Å². The number of aliphatic hydroxyl groups excluding tert-OH is 1. The van der Waals surface area contributed by atoms with Crippen molar-refractivity contribution in [3.63, 3.8) is 0 Å². The summed E-state index contributed by atoms with van der Waals surface area (Å²) in [6.45, 7) is 9.55. The largest absolute Gasteiger partial charge is 0.490 e. The third-order valence-electron chi connectivity index (χ3n) is 9.17. The van der Waals surface area contributed by atoms with Crippen molar-refractivity contribution in [2.75, 3.05) is 13.2 Å². The maximum absolute atomic E-state index is 14.0. The minimum Gasteiger partial charge on any atom is -0.490 e. The maximum atomic E-state index is 14.0. The van der Waals surface area contributed by atoms with E-state index in [0.717, 1.165) is 27.3 Å². The summed E-state index contributed by atoms with van der Waals surface area (Å²) < 4.78 is 5.78. The molecular weight excluding hydrogens is 739 g/mol. The molecule has 0 aliphatic carbocycles. The average molecular weight is 792 g/mol. The van der Waals surface area contributed by atoms with Crippen LogP contribution in [0.4, 0.5) is 0 Å². The Bertz CT molecular complexity index is 1720. The second-order valence-corrected chi connectivity index (χ2v) is 15.8. The van der Waals surface area contributed by atoms with Crippen molar-refractivity contribution < 1.29 is 29.0 Å². The third kappa shape index (κ3) is 12.1. The molecule has 0 spiro atoms. The smallest absolute Gasteiger partial charge is 0.246 e. The van der Waals surface area contributed by atoms with E-state index < -0.39 is 35.4 Å². The fourth-order valence-corrected chi connectivity index (χ4v) is 7.24. The Morgan fingerprint density at radius 2 is 1.81 bits per heavy atom. The second-order valence-electron chi connectivity index (χ2n) is 14.5. The summed E-state index contributed by atoms with van der Waals surface area (Å²) in [6, 6.07) is 10.8. The number of benzene rings is 2. The lowest BCUT2D eigenvalue weighted by atomic mass is 9.85. The number of hydrogen-bond donors (Lipinski definition) is 5. The van der Waals surface area contributed by atoms with E-state index in [9.17, 15) is 24.3 Å². The van der Waals surface area contributed by atoms with Crippen molar-refractivity contribution in [3.8, 4) is 16.2 Å². The number of nitrogens with one attached hydrogen (secondary N) is 2. The average Bonchev–Trinajstić information content (AvgIpc) is 3.70. The number of aryl methyl sites for hydroxylation is 2. The van der Waals surface area contributed by atoms with Crippen LogP contribution in [0.2, 0.25) is 5.02 Å². The number of β-amino-alcohol motifs (C(OH)–C–C–N with tert-alkyl or cyclic N) is 1. The molecule has 0 saturated carbocycles. The lowest BCUT2D eigenvalue weighted by Gasteiger charge is -2.35. The molecule has 1 aliphatic rings. The van der Waals surface area contributed by atoms with E-state index in [-0.39, 0.29) is 68.7 Å². The number of ether oxygens (including phenoxy) is 1. The summed E-state index contributed by atoms with van der Waals surface area (Å²) in [4.78, 5) is 58.7. The Kier molecular flexibility index (Phi) is 16.1. The van der Waals surface area contributed by atoms with Gasteiger partial charge in [-0.1, -0.05) is 68.8 Å². The van der Waals surface area contributed by atoms with E-state index in [1.54, 1.807) is 23.5 Å². The summed E-state index contributed by atoms with van der Waals surface area (Å²) >= 11 is 8.17. The van der Waals surface area contributed by atoms with Gasteiger partial charge in [-0.25, -0.2) is 4.98 Å². The number of thiazole rings is 1. The van der Waals surface area contributed by atoms with E-state index in [1.807, 2.05) is 70.5 Å². The lowest BCUT2D eigenvalue weighted by molar-refractivity contribution is -0.144. The molecule has 2 heterocycles. The summed E-state index contributed by atoms with van der Waals surface area (Å²) in [5, 5.41) is 16.9. The van der Waals surface area contributed by atoms with E-state index in [0.29, 0.717) is 30.0 Å². The fourth-order valence-electron chi connectivity index (χ4n) is 6.16. The lowest BCUT2D eigenvalue weighted by Crippen LogP contribution is -2.57. The summed E-state index contributed by atoms with van der Waals surface area (Å²) in [7, 11) is 0. The molecule has 4 amide bonds. The van der Waals surface area contributed by atoms with Crippen LogP contribution in [0.3, 0.4) is 0 Å². The minimum absolute atomic E-state index is 0. The van der Waals surface area contributed by atoms with Crippen molar-refractivity contribution in [3.05, 3.63) is 69.8 Å². The van der Waals surface area contributed by atoms with Crippen LogP contribution in [0.15, 0.2) is 48.0 Å². The standard InChI is InChI=1S/C38H51ClN6O6S.ClH/c1-22(24-12-14-26(15-13-24)34-23(2)42-21-52-34)43-36(49)29-18-28(46)19-45(29)37(50)35(38(3,4)5)44-32(48)11-7-9-25-8-6-10-30(33(25)39)51-20-27(40)16-17-31(41)47;/h6,8,10,12-15,21-22,27-29,35,46H,7,9,11,16-20,40H2,1-5H3,(H2,41,47)(H,43,49)(H,44,48);1H/t22-,27-,28-,29-,35+;/m0./s1. The first-order valence-electron chi connectivity index (χ1n) is 17.6. The van der Waals surface area contributed by atoms with Crippen LogP contribution in [-0.4, -0.2) is 76.0 Å². The first-order valence-corrected chi connectivity index (χ1v) is 18.8. The number of amides is 4. The van der Waals surface area contributed by atoms with Crippen LogP contribution < -0.4 is 26.8 Å². The van der Waals surface area contributed by atoms with Gasteiger partial charge in [-0.15, -0.1) is 23.7 Å². The third-order valence-corrected chi connectivity index (χ3v) is 10.6. The monoisotopic (exact) mass is 790 g/mol. The van der Waals surface area contributed by atoms with Gasteiger partial charge in [0, 0.05) is 31.8 Å². The van der Waals surface area contributed by atoms with Crippen molar-refractivity contribution in [2.24, 2.45) is 16.9 Å². The summed E-state index contributed by atoms with van der Waals surface area (Å²) in [5.74, 6) is -1.07. The number of aromatic nitrogens is 1. The number of halogens is 2. The molecular formula is C38H52Cl2N6O6S. The molecule has 1 aromatic heterocycles. The molecule has 1 saturated heterocycles. The molecule has 3 aromatic rings. The summed E-state index contributed by atoms with van der Waals surface area (Å²) in [5.41, 5.74) is 16.0. The highest BCUT2D eigenvalue weighted by Crippen LogP contribution is 2.31. The van der Waals surface area contributed by atoms with Gasteiger partial charge >= 0.3 is 0 Å². The van der Waals surface area contributed by atoms with Gasteiger partial charge in [0.1, 0.15) is 24.4 Å². The van der Waals surface area contributed by atoms with E-state index in [1.165, 1.54) is 4.90 Å². The molecule has 0 bridgehead atoms. The quantitative estimate of drug-likeness (QED) is 0.136. The topological polar surface area (TPSA) is 190 Å². The highest BCUT2D eigenvalue weighted by molar-refractivity contribution is 7.13. The Balaban J connectivity index is 0.00000756. The number of rotatable bonds is 16. The molecule has 15 heteroatoms. The normalized spacial score (nSPS) is 17.3. The van der Waals surface area contributed by atoms with Gasteiger partial charge in [-0.3, -0.25) is 19.2 Å². The number of nitrogens with two attached hydrogens (primary N) is 2. The number of carbonyl (C=O) groups is 4. The van der Waals surface area contributed by atoms with Crippen molar-refractivity contribution >= 4 is 59.0 Å². The van der Waals surface area contributed by atoms with Gasteiger partial charge in [-0.05, 0) is 61.3 Å². The van der Waals surface area contributed by atoms with E-state index >= 15 is 0 Å². The van der Waals surface area contributed by atoms with Gasteiger partial charge in [0.05, 0.1) is 33.3 Å². The Morgan fingerprint density at radius 3 is 2.43 bits per heavy atom. The molecule has 1 fully saturated rings. The zero-order valence-electron chi connectivity index (χ0n) is 30.9. The predicted octanol–water partition coefficient (Wildman–Crippen LogP) is 4.86. The number of nitrogens with zero attached hydrogens (tertiary/aromatic N) is 2. The van der Waals surface area contributed by atoms with Gasteiger partial charge in [0.15, 0.2) is 0 Å². The van der Waals surface area contributed by atoms with Crippen molar-refractivity contribution in [1.29, 1.82) is 0 Å². The fraction of sp³-hybridized carbons (Fsp3) is 0.500. The van der Waals surface area contributed by atoms with Gasteiger partial charge in [-0.2, -0.15) is 0 Å². The molecule has 0 unspecified atom stereocenters. The SMILES string of the molecule is Cc1ncsc1-c1ccc([C@H](C)NC(=O)[C@@H]2C[C@H](O)CN2C(=O)[C@@H](NC(=O)CCCc2cccc(OC[C@@H](N)CCC(N)=O)c2Cl)C(C)(C)C)cc1.Cl. The Morgan fingerprint density at radius 1 is 1.11 bits per heavy atom. The van der Waals surface area contributed by atoms with Crippen LogP contribution in [0.25, 0.3) is 10.4 Å². The molecule has 4 rings (SSSR count). The van der Waals surface area contributed by atoms with Crippen LogP contribution in [0.1, 0.15) is 82.7 Å².